The van der Waals surface area contributed by atoms with Gasteiger partial charge in [0.1, 0.15) is 52.7 Å². The minimum Gasteiger partial charge on any atom is -0.477 e. The van der Waals surface area contributed by atoms with Crippen molar-refractivity contribution in [1.29, 1.82) is 0 Å². The summed E-state index contributed by atoms with van der Waals surface area (Å²) in [6.45, 7) is 15.5. The Kier molecular flexibility index (Phi) is 25.9. The zero-order chi connectivity index (χ0) is 86.1. The molecule has 1 atom stereocenters. The van der Waals surface area contributed by atoms with Crippen molar-refractivity contribution in [3.63, 3.8) is 0 Å². The molecule has 0 amide bonds. The molecule has 0 aliphatic carbocycles. The molecular formula is C82H79BrF5N25O7. The summed E-state index contributed by atoms with van der Waals surface area (Å²) in [5, 5.41) is 47.0. The van der Waals surface area contributed by atoms with Gasteiger partial charge in [0.2, 0.25) is 16.5 Å². The molecule has 0 unspecified atom stereocenters. The Morgan fingerprint density at radius 1 is 0.558 bits per heavy atom. The number of benzene rings is 2. The Labute approximate surface area is 689 Å². The molecule has 120 heavy (non-hydrogen) atoms. The van der Waals surface area contributed by atoms with Gasteiger partial charge in [0.25, 0.3) is 0 Å². The van der Waals surface area contributed by atoms with Gasteiger partial charge in [-0.15, -0.1) is 20.4 Å². The Bertz CT molecular complexity index is 6430. The van der Waals surface area contributed by atoms with Crippen molar-refractivity contribution >= 4 is 79.3 Å². The van der Waals surface area contributed by atoms with Gasteiger partial charge >= 0.3 is 11.9 Å². The van der Waals surface area contributed by atoms with E-state index in [1.165, 1.54) is 95.3 Å². The molecule has 15 heterocycles. The van der Waals surface area contributed by atoms with Crippen molar-refractivity contribution in [1.82, 2.24) is 108 Å². The van der Waals surface area contributed by atoms with Gasteiger partial charge in [0.15, 0.2) is 51.5 Å². The lowest BCUT2D eigenvalue weighted by Gasteiger charge is -2.19. The predicted molar refractivity (Wildman–Crippen MR) is 437 cm³/mol. The van der Waals surface area contributed by atoms with E-state index in [4.69, 9.17) is 26.4 Å². The number of esters is 1. The topological polar surface area (TPSA) is 399 Å². The van der Waals surface area contributed by atoms with Crippen LogP contribution in [0.1, 0.15) is 106 Å². The average molecular weight is 1700 g/mol. The number of aromatic nitrogens is 22. The van der Waals surface area contributed by atoms with Crippen molar-refractivity contribution in [3.05, 3.63) is 250 Å². The van der Waals surface area contributed by atoms with Gasteiger partial charge in [0, 0.05) is 116 Å². The number of carboxylic acids is 1. The monoisotopic (exact) mass is 1700 g/mol. The summed E-state index contributed by atoms with van der Waals surface area (Å²) in [5.74, 6) is -2.37. The number of pyridine rings is 6. The Morgan fingerprint density at radius 3 is 1.59 bits per heavy atom. The van der Waals surface area contributed by atoms with Crippen LogP contribution in [0.4, 0.5) is 39.3 Å². The van der Waals surface area contributed by atoms with E-state index < -0.39 is 41.6 Å². The van der Waals surface area contributed by atoms with Gasteiger partial charge in [-0.2, -0.15) is 20.3 Å². The number of halogens is 6. The number of ether oxygens (including phenoxy) is 1. The van der Waals surface area contributed by atoms with Gasteiger partial charge in [-0.3, -0.25) is 38.4 Å². The van der Waals surface area contributed by atoms with E-state index in [0.717, 1.165) is 52.9 Å². The zero-order valence-electron chi connectivity index (χ0n) is 66.6. The number of Topliss-reactive ketones (excluding diaryl/α,β-unsaturated/α-hetero) is 2. The van der Waals surface area contributed by atoms with Crippen LogP contribution in [0, 0.1) is 56.8 Å². The molecule has 0 radical (unpaired) electrons. The van der Waals surface area contributed by atoms with Gasteiger partial charge in [0.05, 0.1) is 71.9 Å². The number of ketones is 2. The first-order chi connectivity index (χ1) is 57.1. The number of aromatic carboxylic acids is 1. The van der Waals surface area contributed by atoms with E-state index in [9.17, 15) is 41.1 Å². The number of nitrogen functional groups attached to an aromatic ring is 2. The van der Waals surface area contributed by atoms with Gasteiger partial charge < -0.3 is 31.3 Å². The number of nitrogens with zero attached hydrogens (tertiary/aromatic N) is 23. The summed E-state index contributed by atoms with van der Waals surface area (Å²) in [6, 6.07) is 27.5. The number of carboxylic acid groups (broad SMARTS) is 1. The summed E-state index contributed by atoms with van der Waals surface area (Å²) in [4.78, 5) is 84.1. The van der Waals surface area contributed by atoms with Crippen LogP contribution in [0.2, 0.25) is 0 Å². The van der Waals surface area contributed by atoms with E-state index in [1.807, 2.05) is 63.4 Å². The molecule has 6 N–H and O–H groups in total. The van der Waals surface area contributed by atoms with E-state index in [2.05, 4.69) is 103 Å². The molecule has 16 aromatic rings. The average Bonchev–Trinajstić information content (AvgIpc) is 1.61. The molecule has 1 fully saturated rings. The third-order valence-electron chi connectivity index (χ3n) is 18.3. The number of fused-ring (bicyclic) bond motifs is 4. The summed E-state index contributed by atoms with van der Waals surface area (Å²) in [6.07, 6.45) is 17.2. The number of anilines is 3. The Hall–Kier alpha value is -14.3. The highest BCUT2D eigenvalue weighted by atomic mass is 79.9. The van der Waals surface area contributed by atoms with Crippen LogP contribution in [-0.4, -0.2) is 166 Å². The highest BCUT2D eigenvalue weighted by Gasteiger charge is 2.27. The highest BCUT2D eigenvalue weighted by molar-refractivity contribution is 9.10. The maximum absolute atomic E-state index is 14.5. The fraction of sp³-hybridized carbons (Fsp3) is 0.232. The number of carbonyl (C=O) groups is 4. The summed E-state index contributed by atoms with van der Waals surface area (Å²) in [7, 11) is 4.94. The van der Waals surface area contributed by atoms with Crippen LogP contribution in [0.3, 0.4) is 0 Å². The van der Waals surface area contributed by atoms with Crippen LogP contribution >= 0.6 is 15.9 Å². The van der Waals surface area contributed by atoms with Crippen LogP contribution in [0.25, 0.3) is 79.1 Å². The first kappa shape index (κ1) is 85.1. The standard InChI is InChI=1S/C18H15BrFN7O.C18H17F2N3O2.C12H8F2N4.C12H13N3O2.C11H15N5.C11H11N3O2/c1-9-6-21-10(2)23-16(9)12-7-22-26(3)17(12)14(28)4-11-5-15-24-18(19)25-27(15)8-13(11)20;1-18(2,3)25-16(24)9-12-8-15-21-17(22-23(15)10-14(12)20)11-4-6-13(19)7-5-11;13-8-3-1-7(2-4-8)12-16-11-5-10(15)9(14)6-18(11)17-12;1-8-3-4-13-10(5-8)9-6-14-15(2)12(9)11(17)7-16;1-8-3-2-5-15(8)11-13-10-7-9(12)4-6-16(10)14-11;1-7-3-4-12-9(5-7)8-6-13-14(2)10(8)11(15)16/h5-8H,4H2,1-3H3;4-8,10H,9H2,1-3H3;1-6H,15H2;3-6,16H,7H2,1-2H3;4,6-8H,2-3,5,12H2,1H3;3-6H,1-2H3,(H,15,16)/t;;;;8-;/m....0./s1. The van der Waals surface area contributed by atoms with Crippen molar-refractivity contribution < 1.29 is 56.1 Å². The molecule has 0 saturated carbocycles. The van der Waals surface area contributed by atoms with E-state index in [1.54, 1.807) is 109 Å². The lowest BCUT2D eigenvalue weighted by Crippen LogP contribution is -2.27. The number of hydrogen-bond acceptors (Lipinski definition) is 24. The number of carbonyl (C=O) groups excluding carboxylic acids is 3. The number of aliphatic hydroxyl groups is 1. The second-order valence-electron chi connectivity index (χ2n) is 28.6. The lowest BCUT2D eigenvalue weighted by molar-refractivity contribution is -0.154. The van der Waals surface area contributed by atoms with Gasteiger partial charge in [-0.05, 0) is 192 Å². The van der Waals surface area contributed by atoms with Crippen molar-refractivity contribution in [2.45, 2.75) is 92.7 Å². The number of nitrogens with two attached hydrogens (primary N) is 2. The molecule has 17 rings (SSSR count). The number of hydrogen-bond donors (Lipinski definition) is 4. The fourth-order valence-corrected chi connectivity index (χ4v) is 12.9. The Balaban J connectivity index is 0.000000134. The van der Waals surface area contributed by atoms with Gasteiger partial charge in [-0.1, -0.05) is 0 Å². The third kappa shape index (κ3) is 20.4. The maximum Gasteiger partial charge on any atom is 0.354 e. The van der Waals surface area contributed by atoms with Crippen LogP contribution in [0.5, 0.6) is 0 Å². The quantitative estimate of drug-likeness (QED) is 0.0446. The minimum absolute atomic E-state index is 0.0144. The molecule has 2 aromatic carbocycles. The van der Waals surface area contributed by atoms with Crippen LogP contribution in [-0.2, 0) is 43.5 Å². The maximum atomic E-state index is 14.5. The number of rotatable bonds is 14. The number of aliphatic hydroxyl groups excluding tert-OH is 1. The predicted octanol–water partition coefficient (Wildman–Crippen LogP) is 12.4. The second kappa shape index (κ2) is 36.5. The van der Waals surface area contributed by atoms with Crippen LogP contribution in [0.15, 0.2) is 170 Å². The molecule has 32 nitrogen and oxygen atoms in total. The molecule has 0 bridgehead atoms. The van der Waals surface area contributed by atoms with Crippen LogP contribution < -0.4 is 16.4 Å². The largest absolute Gasteiger partial charge is 0.477 e. The van der Waals surface area contributed by atoms with Crippen molar-refractivity contribution in [2.75, 3.05) is 29.5 Å². The van der Waals surface area contributed by atoms with Crippen molar-refractivity contribution in [2.24, 2.45) is 21.1 Å². The van der Waals surface area contributed by atoms with Gasteiger partial charge in [-0.25, -0.2) is 69.7 Å². The summed E-state index contributed by atoms with van der Waals surface area (Å²) >= 11 is 3.16. The fourth-order valence-electron chi connectivity index (χ4n) is 12.5. The zero-order valence-corrected chi connectivity index (χ0v) is 68.1. The molecule has 1 aliphatic rings. The highest BCUT2D eigenvalue weighted by Crippen LogP contribution is 2.30. The van der Waals surface area contributed by atoms with Crippen molar-refractivity contribution in [3.8, 4) is 56.5 Å². The first-order valence-electron chi connectivity index (χ1n) is 37.0. The summed E-state index contributed by atoms with van der Waals surface area (Å²) < 4.78 is 83.3. The summed E-state index contributed by atoms with van der Waals surface area (Å²) in [5.41, 5.74) is 22.6. The minimum atomic E-state index is -1.00. The number of aryl methyl sites for hydroxylation is 7. The molecule has 0 spiro atoms. The van der Waals surface area contributed by atoms with E-state index in [-0.39, 0.29) is 58.6 Å². The third-order valence-corrected chi connectivity index (χ3v) is 18.7. The van der Waals surface area contributed by atoms with E-state index >= 15 is 0 Å². The van der Waals surface area contributed by atoms with E-state index in [0.29, 0.717) is 101 Å². The second-order valence-corrected chi connectivity index (χ2v) is 29.3. The smallest absolute Gasteiger partial charge is 0.354 e. The molecule has 1 saturated heterocycles. The molecule has 14 aromatic heterocycles. The first-order valence-corrected chi connectivity index (χ1v) is 37.8. The lowest BCUT2D eigenvalue weighted by atomic mass is 10.0. The molecule has 616 valence electrons. The molecular weight excluding hydrogens is 1620 g/mol. The Morgan fingerprint density at radius 2 is 1.06 bits per heavy atom. The molecule has 38 heteroatoms. The molecule has 1 aliphatic heterocycles. The SMILES string of the molecule is CC(C)(C)OC(=O)Cc1cc2nc(-c3ccc(F)cc3)nn2cc1F.C[C@H]1CCCN1c1nc2cc(N)ccn2n1.Cc1ccnc(-c2cnn(C)c2C(=O)CO)c1.Cc1ccnc(-c2cnn(C)c2C(=O)O)c1.Cc1ncc(C)c(-c2cnn(C)c2C(=O)Cc2cc3nc(Br)nn3cc2F)n1.Nc1cc2nc(-c3ccc(F)cc3)nn2cc1F. The normalized spacial score (nSPS) is 12.4.